The molecule has 0 aliphatic carbocycles. The summed E-state index contributed by atoms with van der Waals surface area (Å²) in [5.74, 6) is 0. The summed E-state index contributed by atoms with van der Waals surface area (Å²) < 4.78 is 4.99. The van der Waals surface area contributed by atoms with Crippen molar-refractivity contribution in [3.8, 4) is 0 Å². The van der Waals surface area contributed by atoms with E-state index in [1.165, 1.54) is 52.8 Å². The number of aliphatic imine (C=N–C) groups is 1. The van der Waals surface area contributed by atoms with Gasteiger partial charge in [-0.05, 0) is 29.0 Å². The van der Waals surface area contributed by atoms with Gasteiger partial charge in [-0.1, -0.05) is 97.2 Å². The second-order valence-corrected chi connectivity index (χ2v) is 10.6. The Hall–Kier alpha value is -3.60. The summed E-state index contributed by atoms with van der Waals surface area (Å²) in [7, 11) is 0. The van der Waals surface area contributed by atoms with Crippen LogP contribution in [0.5, 0.6) is 0 Å². The van der Waals surface area contributed by atoms with Crippen LogP contribution in [-0.4, -0.2) is 16.3 Å². The summed E-state index contributed by atoms with van der Waals surface area (Å²) in [5, 5.41) is 8.65. The first-order valence-corrected chi connectivity index (χ1v) is 12.9. The molecule has 4 heteroatoms. The van der Waals surface area contributed by atoms with Crippen LogP contribution in [0.3, 0.4) is 0 Å². The van der Waals surface area contributed by atoms with Crippen molar-refractivity contribution in [2.24, 2.45) is 4.99 Å². The molecule has 2 nitrogen and oxygen atoms in total. The average molecular weight is 473 g/mol. The van der Waals surface area contributed by atoms with Gasteiger partial charge in [0, 0.05) is 31.1 Å². The second-order valence-electron chi connectivity index (χ2n) is 8.43. The highest BCUT2D eigenvalue weighted by Crippen LogP contribution is 2.44. The van der Waals surface area contributed by atoms with E-state index in [4.69, 9.17) is 4.99 Å². The largest absolute Gasteiger partial charge is 0.287 e. The van der Waals surface area contributed by atoms with Gasteiger partial charge < -0.3 is 0 Å². The third-order valence-corrected chi connectivity index (χ3v) is 8.52. The van der Waals surface area contributed by atoms with Crippen molar-refractivity contribution in [2.75, 3.05) is 6.54 Å². The van der Waals surface area contributed by atoms with Crippen LogP contribution in [0.15, 0.2) is 114 Å². The van der Waals surface area contributed by atoms with Gasteiger partial charge in [0.1, 0.15) is 0 Å². The fraction of sp³-hybridized carbons (Fsp3) is 0.0333. The third kappa shape index (κ3) is 2.92. The van der Waals surface area contributed by atoms with E-state index >= 15 is 0 Å². The molecule has 0 saturated carbocycles. The lowest BCUT2D eigenvalue weighted by Crippen LogP contribution is -2.08. The highest BCUT2D eigenvalue weighted by atomic mass is 32.2. The molecule has 0 spiro atoms. The molecule has 162 valence electrons. The fourth-order valence-corrected chi connectivity index (χ4v) is 7.02. The molecule has 3 heterocycles. The van der Waals surface area contributed by atoms with Crippen LogP contribution in [0.2, 0.25) is 0 Å². The predicted molar refractivity (Wildman–Crippen MR) is 153 cm³/mol. The molecule has 0 amide bonds. The highest BCUT2D eigenvalue weighted by Gasteiger charge is 2.21. The van der Waals surface area contributed by atoms with E-state index in [0.717, 1.165) is 10.1 Å². The number of rotatable bonds is 0. The van der Waals surface area contributed by atoms with Gasteiger partial charge in [0.05, 0.1) is 22.3 Å². The number of thioether (sulfide) groups is 1. The van der Waals surface area contributed by atoms with Gasteiger partial charge >= 0.3 is 0 Å². The highest BCUT2D eigenvalue weighted by molar-refractivity contribution is 8.17. The number of benzene rings is 4. The van der Waals surface area contributed by atoms with E-state index < -0.39 is 0 Å². The second kappa shape index (κ2) is 7.73. The Labute approximate surface area is 205 Å². The Kier molecular flexibility index (Phi) is 4.51. The summed E-state index contributed by atoms with van der Waals surface area (Å²) in [5.41, 5.74) is 2.42. The monoisotopic (exact) mass is 472 g/mol. The molecule has 0 fully saturated rings. The maximum atomic E-state index is 5.04. The first-order valence-electron chi connectivity index (χ1n) is 11.3. The molecule has 0 unspecified atom stereocenters. The molecule has 7 rings (SSSR count). The number of aromatic nitrogens is 1. The number of hydrogen-bond donors (Lipinski definition) is 0. The Morgan fingerprint density at radius 2 is 1.62 bits per heavy atom. The number of allylic oxidation sites excluding steroid dienone is 3. The summed E-state index contributed by atoms with van der Waals surface area (Å²) in [4.78, 5) is 6.01. The van der Waals surface area contributed by atoms with Crippen LogP contribution in [-0.2, 0) is 0 Å². The number of hydrogen-bond acceptors (Lipinski definition) is 3. The lowest BCUT2D eigenvalue weighted by Gasteiger charge is -2.11. The minimum absolute atomic E-state index is 0.636. The maximum absolute atomic E-state index is 5.04. The van der Waals surface area contributed by atoms with Gasteiger partial charge in [-0.2, -0.15) is 0 Å². The standard InChI is InChI=1S/C30H20N2S2/c1-19-9-3-2-8-18-31-30(33-19)32-25-17-14-20-10-4-5-11-21(20)27(25)24-16-15-23-22-12-6-7-13-26(22)34-29(23)28(24)32/h2-17H,1,18H2/b8-2-,9-3-,31-30?. The molecule has 0 N–H and O–H groups in total. The van der Waals surface area contributed by atoms with Crippen molar-refractivity contribution in [1.82, 2.24) is 4.57 Å². The van der Waals surface area contributed by atoms with Crippen LogP contribution in [0, 0.1) is 0 Å². The summed E-state index contributed by atoms with van der Waals surface area (Å²) in [6.07, 6.45) is 8.23. The van der Waals surface area contributed by atoms with Gasteiger partial charge in [0.15, 0.2) is 5.17 Å². The molecule has 0 atom stereocenters. The van der Waals surface area contributed by atoms with Crippen molar-refractivity contribution in [3.05, 3.63) is 109 Å². The van der Waals surface area contributed by atoms with E-state index in [-0.39, 0.29) is 0 Å². The summed E-state index contributed by atoms with van der Waals surface area (Å²) >= 11 is 3.51. The molecule has 0 saturated heterocycles. The summed E-state index contributed by atoms with van der Waals surface area (Å²) in [6, 6.07) is 26.4. The third-order valence-electron chi connectivity index (χ3n) is 6.44. The fourth-order valence-electron chi connectivity index (χ4n) is 4.98. The van der Waals surface area contributed by atoms with Crippen molar-refractivity contribution in [3.63, 3.8) is 0 Å². The Bertz CT molecular complexity index is 1880. The quantitative estimate of drug-likeness (QED) is 0.216. The van der Waals surface area contributed by atoms with Crippen LogP contribution in [0.4, 0.5) is 0 Å². The van der Waals surface area contributed by atoms with E-state index in [1.807, 2.05) is 23.5 Å². The van der Waals surface area contributed by atoms with Gasteiger partial charge in [0.25, 0.3) is 0 Å². The zero-order chi connectivity index (χ0) is 22.6. The van der Waals surface area contributed by atoms with Crippen LogP contribution < -0.4 is 0 Å². The van der Waals surface area contributed by atoms with Crippen LogP contribution in [0.1, 0.15) is 0 Å². The maximum Gasteiger partial charge on any atom is 0.173 e. The zero-order valence-electron chi connectivity index (χ0n) is 18.4. The van der Waals surface area contributed by atoms with Gasteiger partial charge in [-0.3, -0.25) is 9.56 Å². The minimum Gasteiger partial charge on any atom is -0.287 e. The van der Waals surface area contributed by atoms with Crippen molar-refractivity contribution < 1.29 is 0 Å². The molecule has 0 radical (unpaired) electrons. The normalized spacial score (nSPS) is 16.7. The molecule has 2 aromatic heterocycles. The lowest BCUT2D eigenvalue weighted by atomic mass is 10.0. The molecular formula is C30H20N2S2. The van der Waals surface area contributed by atoms with Crippen LogP contribution >= 0.6 is 23.1 Å². The predicted octanol–water partition coefficient (Wildman–Crippen LogP) is 8.89. The first kappa shape index (κ1) is 19.8. The Balaban J connectivity index is 1.70. The lowest BCUT2D eigenvalue weighted by molar-refractivity contribution is 1.20. The van der Waals surface area contributed by atoms with Crippen molar-refractivity contribution in [1.29, 1.82) is 0 Å². The van der Waals surface area contributed by atoms with E-state index in [9.17, 15) is 0 Å². The number of fused-ring (bicyclic) bond motifs is 9. The van der Waals surface area contributed by atoms with Gasteiger partial charge in [-0.25, -0.2) is 0 Å². The summed E-state index contributed by atoms with van der Waals surface area (Å²) in [6.45, 7) is 4.91. The smallest absolute Gasteiger partial charge is 0.173 e. The molecule has 1 aliphatic heterocycles. The Morgan fingerprint density at radius 3 is 2.56 bits per heavy atom. The van der Waals surface area contributed by atoms with Gasteiger partial charge in [0.2, 0.25) is 0 Å². The molecule has 6 aromatic rings. The van der Waals surface area contributed by atoms with E-state index in [2.05, 4.69) is 96.1 Å². The zero-order valence-corrected chi connectivity index (χ0v) is 20.0. The average Bonchev–Trinajstić information content (AvgIpc) is 3.43. The van der Waals surface area contributed by atoms with Gasteiger partial charge in [-0.15, -0.1) is 11.3 Å². The molecule has 1 aliphatic rings. The SMILES string of the molecule is C=C1/C=C\C=C/CN=C(n2c3ccc4ccccc4c3c3ccc4c5ccccc5sc4c32)S1. The van der Waals surface area contributed by atoms with Crippen LogP contribution in [0.25, 0.3) is 52.8 Å². The molecular weight excluding hydrogens is 452 g/mol. The minimum atomic E-state index is 0.636. The Morgan fingerprint density at radius 1 is 0.794 bits per heavy atom. The van der Waals surface area contributed by atoms with Crippen molar-refractivity contribution >= 4 is 81.0 Å². The molecule has 0 bridgehead atoms. The number of thiophene rings is 1. The van der Waals surface area contributed by atoms with E-state index in [1.54, 1.807) is 11.8 Å². The van der Waals surface area contributed by atoms with Crippen molar-refractivity contribution in [2.45, 2.75) is 0 Å². The topological polar surface area (TPSA) is 17.3 Å². The van der Waals surface area contributed by atoms with E-state index in [0.29, 0.717) is 6.54 Å². The molecule has 4 aromatic carbocycles. The number of nitrogens with zero attached hydrogens (tertiary/aromatic N) is 2. The molecule has 34 heavy (non-hydrogen) atoms. The first-order chi connectivity index (χ1) is 16.8.